The van der Waals surface area contributed by atoms with E-state index in [4.69, 9.17) is 0 Å². The van der Waals surface area contributed by atoms with E-state index in [1.165, 1.54) is 49.7 Å². The van der Waals surface area contributed by atoms with E-state index in [9.17, 15) is 0 Å². The molecule has 0 aliphatic rings. The van der Waals surface area contributed by atoms with E-state index in [0.29, 0.717) is 0 Å². The molecular weight excluding hydrogens is 230 g/mol. The second-order valence-corrected chi connectivity index (χ2v) is 6.01. The zero-order valence-electron chi connectivity index (χ0n) is 13.0. The fourth-order valence-electron chi connectivity index (χ4n) is 2.35. The first-order valence-corrected chi connectivity index (χ1v) is 8.01. The molecular formula is C18H31N. The van der Waals surface area contributed by atoms with Crippen molar-refractivity contribution in [2.75, 3.05) is 6.54 Å². The Bertz CT molecular complexity index is 313. The summed E-state index contributed by atoms with van der Waals surface area (Å²) in [6.07, 6.45) is 7.97. The molecule has 0 aromatic heterocycles. The van der Waals surface area contributed by atoms with Crippen LogP contribution < -0.4 is 5.32 Å². The van der Waals surface area contributed by atoms with Crippen LogP contribution in [0.1, 0.15) is 64.0 Å². The van der Waals surface area contributed by atoms with Gasteiger partial charge in [0, 0.05) is 6.54 Å². The van der Waals surface area contributed by atoms with Crippen molar-refractivity contribution in [1.29, 1.82) is 0 Å². The molecule has 0 aliphatic carbocycles. The van der Waals surface area contributed by atoms with E-state index >= 15 is 0 Å². The molecule has 1 aromatic rings. The summed E-state index contributed by atoms with van der Waals surface area (Å²) in [7, 11) is 0. The van der Waals surface area contributed by atoms with Crippen molar-refractivity contribution in [3.8, 4) is 0 Å². The van der Waals surface area contributed by atoms with Gasteiger partial charge in [0.15, 0.2) is 0 Å². The first-order valence-electron chi connectivity index (χ1n) is 8.01. The van der Waals surface area contributed by atoms with Gasteiger partial charge in [-0.1, -0.05) is 70.7 Å². The third kappa shape index (κ3) is 8.05. The lowest BCUT2D eigenvalue weighted by Crippen LogP contribution is -2.14. The Morgan fingerprint density at radius 1 is 0.895 bits per heavy atom. The van der Waals surface area contributed by atoms with E-state index in [2.05, 4.69) is 50.4 Å². The van der Waals surface area contributed by atoms with Crippen molar-refractivity contribution in [2.45, 2.75) is 65.8 Å². The number of hydrogen-bond acceptors (Lipinski definition) is 1. The van der Waals surface area contributed by atoms with Crippen LogP contribution in [0.3, 0.4) is 0 Å². The van der Waals surface area contributed by atoms with Gasteiger partial charge in [0.05, 0.1) is 0 Å². The third-order valence-electron chi connectivity index (χ3n) is 3.45. The Kier molecular flexibility index (Phi) is 8.57. The summed E-state index contributed by atoms with van der Waals surface area (Å²) >= 11 is 0. The largest absolute Gasteiger partial charge is 0.313 e. The number of unbranched alkanes of at least 4 members (excludes halogenated alkanes) is 4. The summed E-state index contributed by atoms with van der Waals surface area (Å²) in [5.74, 6) is 0.743. The van der Waals surface area contributed by atoms with Crippen molar-refractivity contribution >= 4 is 0 Å². The Morgan fingerprint density at radius 2 is 1.53 bits per heavy atom. The van der Waals surface area contributed by atoms with Crippen LogP contribution in [-0.2, 0) is 13.0 Å². The van der Waals surface area contributed by atoms with Crippen molar-refractivity contribution in [2.24, 2.45) is 5.92 Å². The predicted molar refractivity (Wildman–Crippen MR) is 85.4 cm³/mol. The average molecular weight is 261 g/mol. The van der Waals surface area contributed by atoms with Gasteiger partial charge in [-0.05, 0) is 36.4 Å². The third-order valence-corrected chi connectivity index (χ3v) is 3.45. The van der Waals surface area contributed by atoms with Crippen LogP contribution in [0.5, 0.6) is 0 Å². The minimum Gasteiger partial charge on any atom is -0.313 e. The molecule has 1 aromatic carbocycles. The molecule has 0 amide bonds. The zero-order chi connectivity index (χ0) is 13.9. The Balaban J connectivity index is 2.12. The van der Waals surface area contributed by atoms with E-state index in [1.807, 2.05) is 0 Å². The normalized spacial score (nSPS) is 11.2. The predicted octanol–water partition coefficient (Wildman–Crippen LogP) is 4.95. The molecule has 0 saturated heterocycles. The molecule has 19 heavy (non-hydrogen) atoms. The van der Waals surface area contributed by atoms with Crippen LogP contribution in [-0.4, -0.2) is 6.54 Å². The number of nitrogens with one attached hydrogen (secondary N) is 1. The molecule has 0 spiro atoms. The van der Waals surface area contributed by atoms with E-state index < -0.39 is 0 Å². The van der Waals surface area contributed by atoms with Gasteiger partial charge in [0.2, 0.25) is 0 Å². The molecule has 0 bridgehead atoms. The maximum Gasteiger partial charge on any atom is 0.0205 e. The summed E-state index contributed by atoms with van der Waals surface area (Å²) in [5.41, 5.74) is 2.86. The average Bonchev–Trinajstić information content (AvgIpc) is 2.39. The number of rotatable bonds is 10. The molecule has 0 atom stereocenters. The molecule has 1 N–H and O–H groups in total. The fraction of sp³-hybridized carbons (Fsp3) is 0.667. The van der Waals surface area contributed by atoms with Crippen molar-refractivity contribution in [3.63, 3.8) is 0 Å². The molecule has 0 fully saturated rings. The highest BCUT2D eigenvalue weighted by Crippen LogP contribution is 2.09. The summed E-state index contributed by atoms with van der Waals surface area (Å²) in [4.78, 5) is 0. The molecule has 108 valence electrons. The Hall–Kier alpha value is -0.820. The first kappa shape index (κ1) is 16.2. The monoisotopic (exact) mass is 261 g/mol. The minimum absolute atomic E-state index is 0.743. The molecule has 0 heterocycles. The molecule has 1 rings (SSSR count). The van der Waals surface area contributed by atoms with Crippen LogP contribution >= 0.6 is 0 Å². The summed E-state index contributed by atoms with van der Waals surface area (Å²) in [6, 6.07) is 9.08. The van der Waals surface area contributed by atoms with Crippen molar-refractivity contribution < 1.29 is 0 Å². The highest BCUT2D eigenvalue weighted by Gasteiger charge is 1.98. The van der Waals surface area contributed by atoms with E-state index in [0.717, 1.165) is 19.0 Å². The highest BCUT2D eigenvalue weighted by molar-refractivity contribution is 5.22. The van der Waals surface area contributed by atoms with Gasteiger partial charge < -0.3 is 5.32 Å². The lowest BCUT2D eigenvalue weighted by molar-refractivity contribution is 0.583. The van der Waals surface area contributed by atoms with Crippen LogP contribution in [0.2, 0.25) is 0 Å². The smallest absolute Gasteiger partial charge is 0.0205 e. The number of benzene rings is 1. The molecule has 0 aliphatic heterocycles. The maximum atomic E-state index is 3.54. The zero-order valence-corrected chi connectivity index (χ0v) is 13.0. The van der Waals surface area contributed by atoms with Gasteiger partial charge in [-0.3, -0.25) is 0 Å². The topological polar surface area (TPSA) is 12.0 Å². The van der Waals surface area contributed by atoms with E-state index in [-0.39, 0.29) is 0 Å². The number of hydrogen-bond donors (Lipinski definition) is 1. The second kappa shape index (κ2) is 10.0. The summed E-state index contributed by atoms with van der Waals surface area (Å²) < 4.78 is 0. The fourth-order valence-corrected chi connectivity index (χ4v) is 2.35. The van der Waals surface area contributed by atoms with Crippen LogP contribution in [0.15, 0.2) is 24.3 Å². The first-order chi connectivity index (χ1) is 9.22. The van der Waals surface area contributed by atoms with Crippen LogP contribution in [0.4, 0.5) is 0 Å². The van der Waals surface area contributed by atoms with Crippen molar-refractivity contribution in [3.05, 3.63) is 35.4 Å². The second-order valence-electron chi connectivity index (χ2n) is 6.01. The van der Waals surface area contributed by atoms with Crippen LogP contribution in [0.25, 0.3) is 0 Å². The lowest BCUT2D eigenvalue weighted by atomic mass is 10.0. The summed E-state index contributed by atoms with van der Waals surface area (Å²) in [5, 5.41) is 3.54. The quantitative estimate of drug-likeness (QED) is 0.588. The van der Waals surface area contributed by atoms with Crippen LogP contribution in [0, 0.1) is 5.92 Å². The van der Waals surface area contributed by atoms with Gasteiger partial charge in [0.1, 0.15) is 0 Å². The molecule has 0 unspecified atom stereocenters. The van der Waals surface area contributed by atoms with Gasteiger partial charge in [0.25, 0.3) is 0 Å². The SMILES string of the molecule is CCCCCCCNCc1ccc(CC(C)C)cc1. The van der Waals surface area contributed by atoms with E-state index in [1.54, 1.807) is 0 Å². The standard InChI is InChI=1S/C18H31N/c1-4-5-6-7-8-13-19-15-18-11-9-17(10-12-18)14-16(2)3/h9-12,16,19H,4-8,13-15H2,1-3H3. The Morgan fingerprint density at radius 3 is 2.16 bits per heavy atom. The van der Waals surface area contributed by atoms with Crippen molar-refractivity contribution in [1.82, 2.24) is 5.32 Å². The molecule has 1 heteroatoms. The maximum absolute atomic E-state index is 3.54. The highest BCUT2D eigenvalue weighted by atomic mass is 14.8. The summed E-state index contributed by atoms with van der Waals surface area (Å²) in [6.45, 7) is 8.97. The molecule has 1 nitrogen and oxygen atoms in total. The molecule has 0 saturated carbocycles. The van der Waals surface area contributed by atoms with Gasteiger partial charge >= 0.3 is 0 Å². The van der Waals surface area contributed by atoms with Gasteiger partial charge in [-0.2, -0.15) is 0 Å². The molecule has 0 radical (unpaired) electrons. The minimum atomic E-state index is 0.743. The lowest BCUT2D eigenvalue weighted by Gasteiger charge is -2.08. The van der Waals surface area contributed by atoms with Gasteiger partial charge in [-0.15, -0.1) is 0 Å². The van der Waals surface area contributed by atoms with Gasteiger partial charge in [-0.25, -0.2) is 0 Å². The Labute approximate surface area is 119 Å².